The number of fused-ring (bicyclic) bond motifs is 1. The maximum absolute atomic E-state index is 13.7. The Kier molecular flexibility index (Phi) is 5.27. The Bertz CT molecular complexity index is 1200. The third kappa shape index (κ3) is 4.03. The van der Waals surface area contributed by atoms with Crippen molar-refractivity contribution in [3.63, 3.8) is 0 Å². The second kappa shape index (κ2) is 7.91. The fourth-order valence-corrected chi connectivity index (χ4v) is 3.43. The van der Waals surface area contributed by atoms with Crippen LogP contribution < -0.4 is 9.75 Å². The molecule has 0 aromatic heterocycles. The molecule has 3 aromatic carbocycles. The van der Waals surface area contributed by atoms with Crippen LogP contribution in [0.15, 0.2) is 77.4 Å². The molecule has 0 fully saturated rings. The predicted octanol–water partition coefficient (Wildman–Crippen LogP) is 5.98. The van der Waals surface area contributed by atoms with Gasteiger partial charge < -0.3 is 4.74 Å². The highest BCUT2D eigenvalue weighted by molar-refractivity contribution is 6.34. The lowest BCUT2D eigenvalue weighted by Gasteiger charge is -2.14. The van der Waals surface area contributed by atoms with Crippen LogP contribution in [0.1, 0.15) is 19.4 Å². The molecule has 0 aliphatic carbocycles. The number of hydrogen-bond acceptors (Lipinski definition) is 3. The second-order valence-electron chi connectivity index (χ2n) is 7.32. The molecule has 0 saturated carbocycles. The van der Waals surface area contributed by atoms with E-state index in [1.54, 1.807) is 42.5 Å². The first-order valence-corrected chi connectivity index (χ1v) is 9.71. The van der Waals surface area contributed by atoms with E-state index in [-0.39, 0.29) is 11.8 Å². The van der Waals surface area contributed by atoms with Crippen LogP contribution in [0.2, 0.25) is 0 Å². The molecule has 0 radical (unpaired) electrons. The first-order chi connectivity index (χ1) is 14.8. The molecule has 4 rings (SSSR count). The normalized spacial score (nSPS) is 15.8. The summed E-state index contributed by atoms with van der Waals surface area (Å²) in [5.41, 5.74) is -0.975. The molecule has 7 heteroatoms. The van der Waals surface area contributed by atoms with Gasteiger partial charge in [0, 0.05) is 5.39 Å². The summed E-state index contributed by atoms with van der Waals surface area (Å²) >= 11 is 0. The van der Waals surface area contributed by atoms with Gasteiger partial charge in [0.2, 0.25) is 0 Å². The third-order valence-electron chi connectivity index (χ3n) is 4.73. The van der Waals surface area contributed by atoms with Crippen molar-refractivity contribution in [2.75, 3.05) is 5.01 Å². The number of hydrogen-bond donors (Lipinski definition) is 0. The van der Waals surface area contributed by atoms with E-state index in [2.05, 4.69) is 5.10 Å². The maximum atomic E-state index is 13.7. The Labute approximate surface area is 177 Å². The minimum atomic E-state index is -4.78. The van der Waals surface area contributed by atoms with Crippen LogP contribution in [0.3, 0.4) is 0 Å². The van der Waals surface area contributed by atoms with Crippen LogP contribution >= 0.6 is 0 Å². The molecule has 31 heavy (non-hydrogen) atoms. The minimum Gasteiger partial charge on any atom is -0.490 e. The van der Waals surface area contributed by atoms with E-state index in [0.717, 1.165) is 10.4 Å². The zero-order valence-electron chi connectivity index (χ0n) is 16.9. The van der Waals surface area contributed by atoms with E-state index >= 15 is 0 Å². The largest absolute Gasteiger partial charge is 0.490 e. The number of anilines is 1. The van der Waals surface area contributed by atoms with Crippen molar-refractivity contribution in [1.82, 2.24) is 0 Å². The Morgan fingerprint density at radius 2 is 1.58 bits per heavy atom. The fraction of sp³-hybridized carbons (Fsp3) is 0.167. The molecule has 0 spiro atoms. The molecule has 3 aromatic rings. The number of hydrazone groups is 1. The van der Waals surface area contributed by atoms with Crippen LogP contribution in [0.5, 0.6) is 5.75 Å². The van der Waals surface area contributed by atoms with Gasteiger partial charge in [0.25, 0.3) is 5.91 Å². The average Bonchev–Trinajstić information content (AvgIpc) is 3.07. The number of nitrogens with zero attached hydrogens (tertiary/aromatic N) is 2. The standard InChI is InChI=1S/C24H19F3N2O2/c1-15(2)31-21-13-12-16(18-10-6-7-11-19(18)21)14-20-22(24(25,26)27)28-29(23(20)30)17-8-4-3-5-9-17/h3-15H,1-2H3/b20-14-. The summed E-state index contributed by atoms with van der Waals surface area (Å²) < 4.78 is 47.0. The van der Waals surface area contributed by atoms with Gasteiger partial charge in [0.1, 0.15) is 5.75 Å². The molecule has 4 nitrogen and oxygen atoms in total. The first kappa shape index (κ1) is 20.7. The van der Waals surface area contributed by atoms with Gasteiger partial charge >= 0.3 is 6.18 Å². The summed E-state index contributed by atoms with van der Waals surface area (Å²) in [6, 6.07) is 18.6. The number of benzene rings is 3. The third-order valence-corrected chi connectivity index (χ3v) is 4.73. The molecule has 1 amide bonds. The molecule has 1 heterocycles. The molecule has 0 saturated heterocycles. The van der Waals surface area contributed by atoms with Crippen LogP contribution in [-0.2, 0) is 4.79 Å². The summed E-state index contributed by atoms with van der Waals surface area (Å²) in [6.45, 7) is 3.79. The van der Waals surface area contributed by atoms with Crippen molar-refractivity contribution in [3.8, 4) is 5.75 Å². The molecular weight excluding hydrogens is 405 g/mol. The lowest BCUT2D eigenvalue weighted by atomic mass is 9.99. The van der Waals surface area contributed by atoms with Gasteiger partial charge in [0.15, 0.2) is 5.71 Å². The Morgan fingerprint density at radius 3 is 2.23 bits per heavy atom. The van der Waals surface area contributed by atoms with Crippen LogP contribution in [0.4, 0.5) is 18.9 Å². The van der Waals surface area contributed by atoms with E-state index in [4.69, 9.17) is 4.74 Å². The van der Waals surface area contributed by atoms with Gasteiger partial charge in [-0.1, -0.05) is 48.5 Å². The summed E-state index contributed by atoms with van der Waals surface area (Å²) in [5.74, 6) is -0.203. The number of carbonyl (C=O) groups excluding carboxylic acids is 1. The van der Waals surface area contributed by atoms with E-state index in [1.165, 1.54) is 18.2 Å². The van der Waals surface area contributed by atoms with Crippen molar-refractivity contribution >= 4 is 34.2 Å². The van der Waals surface area contributed by atoms with E-state index in [1.807, 2.05) is 26.0 Å². The van der Waals surface area contributed by atoms with Gasteiger partial charge in [-0.3, -0.25) is 4.79 Å². The monoisotopic (exact) mass is 424 g/mol. The van der Waals surface area contributed by atoms with E-state index in [9.17, 15) is 18.0 Å². The van der Waals surface area contributed by atoms with Crippen molar-refractivity contribution < 1.29 is 22.7 Å². The number of amides is 1. The highest BCUT2D eigenvalue weighted by atomic mass is 19.4. The summed E-state index contributed by atoms with van der Waals surface area (Å²) in [4.78, 5) is 12.9. The van der Waals surface area contributed by atoms with Gasteiger partial charge in [-0.05, 0) is 49.1 Å². The molecule has 158 valence electrons. The highest BCUT2D eigenvalue weighted by Crippen LogP contribution is 2.35. The Morgan fingerprint density at radius 1 is 0.935 bits per heavy atom. The quantitative estimate of drug-likeness (QED) is 0.484. The van der Waals surface area contributed by atoms with Crippen molar-refractivity contribution in [2.45, 2.75) is 26.1 Å². The van der Waals surface area contributed by atoms with Crippen molar-refractivity contribution in [3.05, 3.63) is 77.9 Å². The van der Waals surface area contributed by atoms with Gasteiger partial charge in [-0.15, -0.1) is 0 Å². The second-order valence-corrected chi connectivity index (χ2v) is 7.32. The van der Waals surface area contributed by atoms with E-state index < -0.39 is 23.4 Å². The number of ether oxygens (including phenoxy) is 1. The lowest BCUT2D eigenvalue weighted by molar-refractivity contribution is -0.114. The number of rotatable bonds is 4. The highest BCUT2D eigenvalue weighted by Gasteiger charge is 2.46. The molecular formula is C24H19F3N2O2. The topological polar surface area (TPSA) is 41.9 Å². The first-order valence-electron chi connectivity index (χ1n) is 9.71. The fourth-order valence-electron chi connectivity index (χ4n) is 3.43. The van der Waals surface area contributed by atoms with Crippen LogP contribution in [0, 0.1) is 0 Å². The zero-order valence-corrected chi connectivity index (χ0v) is 16.9. The van der Waals surface area contributed by atoms with Crippen LogP contribution in [-0.4, -0.2) is 23.9 Å². The number of halogens is 3. The van der Waals surface area contributed by atoms with Gasteiger partial charge in [-0.2, -0.15) is 23.3 Å². The predicted molar refractivity (Wildman–Crippen MR) is 115 cm³/mol. The number of para-hydroxylation sites is 1. The van der Waals surface area contributed by atoms with Crippen molar-refractivity contribution in [2.24, 2.45) is 5.10 Å². The van der Waals surface area contributed by atoms with Crippen LogP contribution in [0.25, 0.3) is 16.8 Å². The molecule has 1 aliphatic heterocycles. The SMILES string of the molecule is CC(C)Oc1ccc(/C=C2\C(=O)N(c3ccccc3)N=C2C(F)(F)F)c2ccccc12. The van der Waals surface area contributed by atoms with Crippen molar-refractivity contribution in [1.29, 1.82) is 0 Å². The smallest absolute Gasteiger partial charge is 0.435 e. The molecule has 0 bridgehead atoms. The molecule has 0 atom stereocenters. The minimum absolute atomic E-state index is 0.0626. The summed E-state index contributed by atoms with van der Waals surface area (Å²) in [5, 5.41) is 5.82. The summed E-state index contributed by atoms with van der Waals surface area (Å²) in [6.07, 6.45) is -3.59. The summed E-state index contributed by atoms with van der Waals surface area (Å²) in [7, 11) is 0. The maximum Gasteiger partial charge on any atom is 0.435 e. The Balaban J connectivity index is 1.85. The molecule has 0 unspecified atom stereocenters. The number of carbonyl (C=O) groups is 1. The zero-order chi connectivity index (χ0) is 22.2. The van der Waals surface area contributed by atoms with E-state index in [0.29, 0.717) is 16.7 Å². The lowest BCUT2D eigenvalue weighted by Crippen LogP contribution is -2.25. The van der Waals surface area contributed by atoms with Gasteiger partial charge in [0.05, 0.1) is 17.4 Å². The average molecular weight is 424 g/mol. The molecule has 1 aliphatic rings. The number of alkyl halides is 3. The Hall–Kier alpha value is -3.61. The van der Waals surface area contributed by atoms with Gasteiger partial charge in [-0.25, -0.2) is 0 Å². The molecule has 0 N–H and O–H groups in total.